The van der Waals surface area contributed by atoms with Crippen molar-refractivity contribution in [2.24, 2.45) is 5.92 Å². The SMILES string of the molecule is CCN1CC(C(=O)N2CC(O)C(O)C2)CC1=O. The summed E-state index contributed by atoms with van der Waals surface area (Å²) in [7, 11) is 0. The average Bonchev–Trinajstić information content (AvgIpc) is 2.82. The molecule has 6 nitrogen and oxygen atoms in total. The van der Waals surface area contributed by atoms with E-state index < -0.39 is 12.2 Å². The minimum Gasteiger partial charge on any atom is -0.388 e. The van der Waals surface area contributed by atoms with E-state index >= 15 is 0 Å². The van der Waals surface area contributed by atoms with Gasteiger partial charge in [-0.3, -0.25) is 9.59 Å². The van der Waals surface area contributed by atoms with Crippen LogP contribution in [0.15, 0.2) is 0 Å². The minimum absolute atomic E-state index is 0.00569. The van der Waals surface area contributed by atoms with Crippen LogP contribution in [-0.2, 0) is 9.59 Å². The second-order valence-corrected chi connectivity index (χ2v) is 4.71. The van der Waals surface area contributed by atoms with Gasteiger partial charge in [-0.25, -0.2) is 0 Å². The zero-order valence-corrected chi connectivity index (χ0v) is 9.87. The lowest BCUT2D eigenvalue weighted by Crippen LogP contribution is -2.36. The fourth-order valence-corrected chi connectivity index (χ4v) is 2.45. The van der Waals surface area contributed by atoms with Crippen LogP contribution < -0.4 is 0 Å². The molecular weight excluding hydrogens is 224 g/mol. The number of carbonyl (C=O) groups is 2. The van der Waals surface area contributed by atoms with E-state index in [4.69, 9.17) is 0 Å². The lowest BCUT2D eigenvalue weighted by molar-refractivity contribution is -0.135. The van der Waals surface area contributed by atoms with Gasteiger partial charge in [0.15, 0.2) is 0 Å². The molecule has 96 valence electrons. The maximum atomic E-state index is 12.1. The van der Waals surface area contributed by atoms with Gasteiger partial charge in [-0.1, -0.05) is 0 Å². The minimum atomic E-state index is -0.863. The van der Waals surface area contributed by atoms with Crippen molar-refractivity contribution in [2.75, 3.05) is 26.2 Å². The summed E-state index contributed by atoms with van der Waals surface area (Å²) < 4.78 is 0. The number of nitrogens with zero attached hydrogens (tertiary/aromatic N) is 2. The molecule has 0 aliphatic carbocycles. The first kappa shape index (κ1) is 12.3. The van der Waals surface area contributed by atoms with E-state index in [1.165, 1.54) is 4.90 Å². The van der Waals surface area contributed by atoms with Gasteiger partial charge in [-0.05, 0) is 6.92 Å². The highest BCUT2D eigenvalue weighted by atomic mass is 16.3. The summed E-state index contributed by atoms with van der Waals surface area (Å²) in [5.74, 6) is -0.448. The third-order valence-electron chi connectivity index (χ3n) is 3.52. The first-order chi connectivity index (χ1) is 8.02. The van der Waals surface area contributed by atoms with Gasteiger partial charge in [-0.15, -0.1) is 0 Å². The van der Waals surface area contributed by atoms with Gasteiger partial charge in [-0.2, -0.15) is 0 Å². The summed E-state index contributed by atoms with van der Waals surface area (Å²) in [5.41, 5.74) is 0. The average molecular weight is 242 g/mol. The Morgan fingerprint density at radius 1 is 1.29 bits per heavy atom. The molecule has 2 heterocycles. The van der Waals surface area contributed by atoms with Crippen LogP contribution in [-0.4, -0.2) is 70.2 Å². The first-order valence-electron chi connectivity index (χ1n) is 5.95. The summed E-state index contributed by atoms with van der Waals surface area (Å²) in [6.07, 6.45) is -1.48. The second kappa shape index (κ2) is 4.62. The predicted octanol–water partition coefficient (Wildman–Crippen LogP) is -1.58. The fraction of sp³-hybridized carbons (Fsp3) is 0.818. The summed E-state index contributed by atoms with van der Waals surface area (Å²) >= 11 is 0. The molecule has 0 spiro atoms. The first-order valence-corrected chi connectivity index (χ1v) is 5.95. The van der Waals surface area contributed by atoms with Crippen LogP contribution in [0.1, 0.15) is 13.3 Å². The molecule has 0 aromatic rings. The van der Waals surface area contributed by atoms with Gasteiger partial charge in [0.1, 0.15) is 0 Å². The monoisotopic (exact) mass is 242 g/mol. The zero-order valence-electron chi connectivity index (χ0n) is 9.87. The van der Waals surface area contributed by atoms with Crippen LogP contribution in [0, 0.1) is 5.92 Å². The lowest BCUT2D eigenvalue weighted by atomic mass is 10.1. The standard InChI is InChI=1S/C11H18N2O4/c1-2-12-4-7(3-10(12)16)11(17)13-5-8(14)9(15)6-13/h7-9,14-15H,2-6H2,1H3. The van der Waals surface area contributed by atoms with E-state index in [0.29, 0.717) is 13.1 Å². The van der Waals surface area contributed by atoms with Gasteiger partial charge in [0.05, 0.1) is 18.1 Å². The molecule has 0 bridgehead atoms. The number of aliphatic hydroxyl groups excluding tert-OH is 2. The molecule has 0 aromatic heterocycles. The Bertz CT molecular complexity index is 323. The Morgan fingerprint density at radius 2 is 1.88 bits per heavy atom. The second-order valence-electron chi connectivity index (χ2n) is 4.71. The largest absolute Gasteiger partial charge is 0.388 e. The molecule has 17 heavy (non-hydrogen) atoms. The van der Waals surface area contributed by atoms with Gasteiger partial charge < -0.3 is 20.0 Å². The Balaban J connectivity index is 1.96. The van der Waals surface area contributed by atoms with Crippen LogP contribution in [0.3, 0.4) is 0 Å². The highest BCUT2D eigenvalue weighted by Gasteiger charge is 2.40. The predicted molar refractivity (Wildman–Crippen MR) is 59.0 cm³/mol. The maximum Gasteiger partial charge on any atom is 0.228 e. The summed E-state index contributed by atoms with van der Waals surface area (Å²) in [6.45, 7) is 3.28. The summed E-state index contributed by atoms with van der Waals surface area (Å²) in [5, 5.41) is 18.8. The van der Waals surface area contributed by atoms with Gasteiger partial charge >= 0.3 is 0 Å². The number of hydrogen-bond acceptors (Lipinski definition) is 4. The molecule has 3 atom stereocenters. The van der Waals surface area contributed by atoms with Crippen molar-refractivity contribution in [3.8, 4) is 0 Å². The van der Waals surface area contributed by atoms with Gasteiger partial charge in [0.25, 0.3) is 0 Å². The smallest absolute Gasteiger partial charge is 0.228 e. The Labute approximate surface area is 99.8 Å². The molecule has 2 rings (SSSR count). The fourth-order valence-electron chi connectivity index (χ4n) is 2.45. The molecule has 0 aromatic carbocycles. The van der Waals surface area contributed by atoms with Crippen molar-refractivity contribution in [1.29, 1.82) is 0 Å². The Morgan fingerprint density at radius 3 is 2.35 bits per heavy atom. The molecule has 0 saturated carbocycles. The molecular formula is C11H18N2O4. The number of likely N-dealkylation sites (tertiary alicyclic amines) is 2. The van der Waals surface area contributed by atoms with Crippen LogP contribution in [0.4, 0.5) is 0 Å². The van der Waals surface area contributed by atoms with E-state index in [2.05, 4.69) is 0 Å². The summed E-state index contributed by atoms with van der Waals surface area (Å²) in [4.78, 5) is 26.7. The van der Waals surface area contributed by atoms with E-state index in [1.807, 2.05) is 6.92 Å². The Kier molecular flexibility index (Phi) is 3.35. The van der Waals surface area contributed by atoms with Crippen molar-refractivity contribution in [3.05, 3.63) is 0 Å². The number of hydrogen-bond donors (Lipinski definition) is 2. The van der Waals surface area contributed by atoms with E-state index in [-0.39, 0.29) is 37.2 Å². The number of β-amino-alcohol motifs (C(OH)–C–C–N with tert-alkyl or cyclic N) is 2. The van der Waals surface area contributed by atoms with Crippen molar-refractivity contribution in [1.82, 2.24) is 9.80 Å². The maximum absolute atomic E-state index is 12.1. The van der Waals surface area contributed by atoms with E-state index in [1.54, 1.807) is 4.90 Å². The zero-order chi connectivity index (χ0) is 12.6. The number of aliphatic hydroxyl groups is 2. The Hall–Kier alpha value is -1.14. The molecule has 2 amide bonds. The van der Waals surface area contributed by atoms with Crippen LogP contribution in [0.5, 0.6) is 0 Å². The topological polar surface area (TPSA) is 81.1 Å². The van der Waals surface area contributed by atoms with Crippen molar-refractivity contribution in [2.45, 2.75) is 25.6 Å². The molecule has 2 aliphatic heterocycles. The van der Waals surface area contributed by atoms with Crippen molar-refractivity contribution < 1.29 is 19.8 Å². The van der Waals surface area contributed by atoms with Gasteiger partial charge in [0, 0.05) is 32.6 Å². The highest BCUT2D eigenvalue weighted by Crippen LogP contribution is 2.22. The molecule has 2 N–H and O–H groups in total. The third-order valence-corrected chi connectivity index (χ3v) is 3.52. The number of amides is 2. The molecule has 6 heteroatoms. The van der Waals surface area contributed by atoms with Crippen molar-refractivity contribution in [3.63, 3.8) is 0 Å². The van der Waals surface area contributed by atoms with Gasteiger partial charge in [0.2, 0.25) is 11.8 Å². The highest BCUT2D eigenvalue weighted by molar-refractivity contribution is 5.89. The molecule has 2 fully saturated rings. The molecule has 2 aliphatic rings. The van der Waals surface area contributed by atoms with Crippen LogP contribution in [0.25, 0.3) is 0 Å². The normalized spacial score (nSPS) is 33.6. The summed E-state index contributed by atoms with van der Waals surface area (Å²) in [6, 6.07) is 0. The molecule has 0 radical (unpaired) electrons. The number of carbonyl (C=O) groups excluding carboxylic acids is 2. The third kappa shape index (κ3) is 2.28. The van der Waals surface area contributed by atoms with E-state index in [9.17, 15) is 19.8 Å². The van der Waals surface area contributed by atoms with Crippen LogP contribution in [0.2, 0.25) is 0 Å². The lowest BCUT2D eigenvalue weighted by Gasteiger charge is -2.19. The van der Waals surface area contributed by atoms with Crippen LogP contribution >= 0.6 is 0 Å². The molecule has 3 unspecified atom stereocenters. The number of rotatable bonds is 2. The van der Waals surface area contributed by atoms with E-state index in [0.717, 1.165) is 0 Å². The quantitative estimate of drug-likeness (QED) is 0.612. The van der Waals surface area contributed by atoms with Crippen molar-refractivity contribution >= 4 is 11.8 Å². The molecule has 2 saturated heterocycles.